The molecule has 0 fully saturated rings. The summed E-state index contributed by atoms with van der Waals surface area (Å²) >= 11 is 0. The summed E-state index contributed by atoms with van der Waals surface area (Å²) in [7, 11) is 0. The van der Waals surface area contributed by atoms with Gasteiger partial charge in [0.05, 0.1) is 22.8 Å². The Morgan fingerprint density at radius 3 is 0.862 bits per heavy atom. The number of nitrogens with one attached hydrogen (secondary N) is 2. The number of hydrogen-bond donors (Lipinski definition) is 2. The monoisotopic (exact) mass is 921 g/mol. The van der Waals surface area contributed by atoms with Crippen molar-refractivity contribution >= 4 is 0 Å². The molecule has 0 aromatic carbocycles. The molecule has 6 aromatic heterocycles. The molecule has 6 rings (SSSR count). The molecule has 0 saturated heterocycles. The summed E-state index contributed by atoms with van der Waals surface area (Å²) in [6, 6.07) is 21.8. The molecule has 7 heteroatoms. The number of rotatable bonds is 4. The molecule has 0 aliphatic carbocycles. The van der Waals surface area contributed by atoms with Crippen LogP contribution in [0.4, 0.5) is 0 Å². The zero-order chi connectivity index (χ0) is 48.6. The van der Waals surface area contributed by atoms with Gasteiger partial charge in [-0.15, -0.1) is 11.4 Å². The summed E-state index contributed by atoms with van der Waals surface area (Å²) in [5.74, 6) is 0. The molecule has 354 valence electrons. The second-order valence-electron chi connectivity index (χ2n) is 26.6. The molecule has 0 unspecified atom stereocenters. The first kappa shape index (κ1) is 53.6. The van der Waals surface area contributed by atoms with E-state index in [4.69, 9.17) is 19.9 Å². The third kappa shape index (κ3) is 12.3. The number of aromatic nitrogens is 6. The first-order chi connectivity index (χ1) is 28.8. The fourth-order valence-electron chi connectivity index (χ4n) is 7.85. The van der Waals surface area contributed by atoms with Crippen molar-refractivity contribution in [2.24, 2.45) is 0 Å². The Hall–Kier alpha value is -4.06. The van der Waals surface area contributed by atoms with E-state index in [1.54, 1.807) is 0 Å². The van der Waals surface area contributed by atoms with Gasteiger partial charge in [0.2, 0.25) is 0 Å². The zero-order valence-corrected chi connectivity index (χ0v) is 46.0. The van der Waals surface area contributed by atoms with Gasteiger partial charge in [-0.1, -0.05) is 202 Å². The molecular weight excluding hydrogens is 837 g/mol. The quantitative estimate of drug-likeness (QED) is 0.173. The summed E-state index contributed by atoms with van der Waals surface area (Å²) in [4.78, 5) is 27.9. The van der Waals surface area contributed by atoms with Crippen molar-refractivity contribution in [1.82, 2.24) is 29.9 Å². The van der Waals surface area contributed by atoms with E-state index in [9.17, 15) is 0 Å². The van der Waals surface area contributed by atoms with Crippen molar-refractivity contribution in [3.05, 3.63) is 106 Å². The van der Waals surface area contributed by atoms with Crippen LogP contribution < -0.4 is 9.97 Å². The Balaban J connectivity index is 0.000000280. The van der Waals surface area contributed by atoms with Gasteiger partial charge >= 0.3 is 17.1 Å². The molecule has 6 aromatic rings. The standard InChI is InChI=1S/2C29H42N3.Fe/c2*1-26(2,3)18-16-22(28(7,8)9)31-24(18)20-14-13-15-21(30-20)25-19(27(4,5)6)17-23(32-25)29(10,11)12;/h2*13-17,31H,1-12H3;/q2*-1;+2. The fraction of sp³-hybridized carbons (Fsp3) is 0.552. The average molecular weight is 921 g/mol. The maximum atomic E-state index is 5.16. The first-order valence-corrected chi connectivity index (χ1v) is 23.6. The summed E-state index contributed by atoms with van der Waals surface area (Å²) in [5, 5.41) is 0. The van der Waals surface area contributed by atoms with Crippen LogP contribution in [0.15, 0.2) is 60.7 Å². The fourth-order valence-corrected chi connectivity index (χ4v) is 7.85. The second-order valence-corrected chi connectivity index (χ2v) is 26.6. The van der Waals surface area contributed by atoms with E-state index in [1.165, 1.54) is 33.6 Å². The Morgan fingerprint density at radius 1 is 0.338 bits per heavy atom. The minimum absolute atomic E-state index is 0. The number of pyridine rings is 2. The maximum absolute atomic E-state index is 5.16. The molecule has 2 N–H and O–H groups in total. The van der Waals surface area contributed by atoms with Crippen LogP contribution >= 0.6 is 0 Å². The average Bonchev–Trinajstić information content (AvgIpc) is 3.93. The number of nitrogens with zero attached hydrogens (tertiary/aromatic N) is 4. The van der Waals surface area contributed by atoms with Crippen molar-refractivity contribution in [3.63, 3.8) is 0 Å². The van der Waals surface area contributed by atoms with Gasteiger partial charge in [-0.25, -0.2) is 9.97 Å². The Morgan fingerprint density at radius 2 is 0.615 bits per heavy atom. The Kier molecular flexibility index (Phi) is 14.7. The summed E-state index contributed by atoms with van der Waals surface area (Å²) in [6.07, 6.45) is 0. The van der Waals surface area contributed by atoms with Crippen LogP contribution in [0.1, 0.15) is 211 Å². The predicted octanol–water partition coefficient (Wildman–Crippen LogP) is 15.8. The molecule has 0 radical (unpaired) electrons. The number of hydrogen-bond acceptors (Lipinski definition) is 2. The van der Waals surface area contributed by atoms with Crippen LogP contribution in [0, 0.1) is 0 Å². The Bertz CT molecular complexity index is 2210. The molecule has 65 heavy (non-hydrogen) atoms. The number of aromatic amines is 2. The molecule has 0 atom stereocenters. The molecular formula is C58H84FeN6. The van der Waals surface area contributed by atoms with Gasteiger partial charge in [0, 0.05) is 33.6 Å². The summed E-state index contributed by atoms with van der Waals surface area (Å²) in [5.41, 5.74) is 18.0. The Labute approximate surface area is 405 Å². The molecule has 0 amide bonds. The van der Waals surface area contributed by atoms with Crippen LogP contribution in [0.2, 0.25) is 0 Å². The van der Waals surface area contributed by atoms with Crippen LogP contribution in [0.25, 0.3) is 45.6 Å². The van der Waals surface area contributed by atoms with E-state index in [1.807, 2.05) is 0 Å². The van der Waals surface area contributed by atoms with E-state index in [2.05, 4.69) is 237 Å². The van der Waals surface area contributed by atoms with Crippen LogP contribution in [0.5, 0.6) is 0 Å². The van der Waals surface area contributed by atoms with E-state index in [0.717, 1.165) is 56.9 Å². The molecule has 0 saturated carbocycles. The van der Waals surface area contributed by atoms with Gasteiger partial charge in [0.1, 0.15) is 0 Å². The van der Waals surface area contributed by atoms with Crippen molar-refractivity contribution < 1.29 is 17.1 Å². The smallest absolute Gasteiger partial charge is 0.659 e. The molecule has 0 spiro atoms. The van der Waals surface area contributed by atoms with Crippen molar-refractivity contribution in [2.75, 3.05) is 0 Å². The van der Waals surface area contributed by atoms with Crippen molar-refractivity contribution in [3.8, 4) is 45.6 Å². The molecule has 0 bridgehead atoms. The SMILES string of the molecule is CC(C)(C)c1cc(C(C)(C)C)c(-c2cccc(-c3[nH]c(C(C)(C)C)cc3C(C)(C)C)n2)[n-]1.CC(C)(C)c1cc(C(C)(C)C)c(-c2cccc(-c3[nH]c(C(C)(C)C)cc3C(C)(C)C)n2)[n-]1.[Fe+2]. The third-order valence-corrected chi connectivity index (χ3v) is 12.1. The summed E-state index contributed by atoms with van der Waals surface area (Å²) in [6.45, 7) is 53.9. The van der Waals surface area contributed by atoms with Crippen molar-refractivity contribution in [2.45, 2.75) is 209 Å². The van der Waals surface area contributed by atoms with E-state index in [-0.39, 0.29) is 60.4 Å². The molecule has 6 heterocycles. The minimum Gasteiger partial charge on any atom is -0.659 e. The largest absolute Gasteiger partial charge is 2.00 e. The minimum atomic E-state index is -0.00801. The summed E-state index contributed by atoms with van der Waals surface area (Å²) < 4.78 is 0. The van der Waals surface area contributed by atoms with Crippen LogP contribution in [0.3, 0.4) is 0 Å². The molecule has 6 nitrogen and oxygen atoms in total. The van der Waals surface area contributed by atoms with Crippen molar-refractivity contribution in [1.29, 1.82) is 0 Å². The van der Waals surface area contributed by atoms with Crippen LogP contribution in [-0.4, -0.2) is 19.9 Å². The predicted molar refractivity (Wildman–Crippen MR) is 275 cm³/mol. The molecule has 0 aliphatic rings. The first-order valence-electron chi connectivity index (χ1n) is 23.6. The number of H-pyrrole nitrogens is 2. The van der Waals surface area contributed by atoms with E-state index >= 15 is 0 Å². The van der Waals surface area contributed by atoms with Gasteiger partial charge in [-0.3, -0.25) is 0 Å². The van der Waals surface area contributed by atoms with Gasteiger partial charge in [-0.2, -0.15) is 11.4 Å². The third-order valence-electron chi connectivity index (χ3n) is 12.1. The van der Waals surface area contributed by atoms with Crippen LogP contribution in [-0.2, 0) is 60.4 Å². The second kappa shape index (κ2) is 17.9. The van der Waals surface area contributed by atoms with Gasteiger partial charge < -0.3 is 19.9 Å². The van der Waals surface area contributed by atoms with Gasteiger partial charge in [0.25, 0.3) is 0 Å². The molecule has 0 aliphatic heterocycles. The topological polar surface area (TPSA) is 85.6 Å². The van der Waals surface area contributed by atoms with E-state index in [0.29, 0.717) is 0 Å². The normalized spacial score (nSPS) is 13.4. The zero-order valence-electron chi connectivity index (χ0n) is 44.9. The maximum Gasteiger partial charge on any atom is 2.00 e. The van der Waals surface area contributed by atoms with Gasteiger partial charge in [-0.05, 0) is 80.0 Å². The van der Waals surface area contributed by atoms with E-state index < -0.39 is 0 Å². The van der Waals surface area contributed by atoms with Gasteiger partial charge in [0.15, 0.2) is 0 Å².